The summed E-state index contributed by atoms with van der Waals surface area (Å²) < 4.78 is 5.89. The zero-order valence-electron chi connectivity index (χ0n) is 12.9. The Balaban J connectivity index is 1.81. The second-order valence-electron chi connectivity index (χ2n) is 6.09. The zero-order chi connectivity index (χ0) is 14.8. The van der Waals surface area contributed by atoms with Crippen LogP contribution in [-0.4, -0.2) is 31.8 Å². The van der Waals surface area contributed by atoms with E-state index < -0.39 is 0 Å². The normalized spacial score (nSPS) is 26.7. The van der Waals surface area contributed by atoms with Crippen molar-refractivity contribution in [1.29, 1.82) is 0 Å². The summed E-state index contributed by atoms with van der Waals surface area (Å²) in [4.78, 5) is 2.49. The van der Waals surface area contributed by atoms with Gasteiger partial charge in [0.05, 0.1) is 18.8 Å². The van der Waals surface area contributed by atoms with Crippen molar-refractivity contribution in [2.45, 2.75) is 51.3 Å². The van der Waals surface area contributed by atoms with E-state index in [4.69, 9.17) is 16.3 Å². The number of benzene rings is 1. The van der Waals surface area contributed by atoms with E-state index in [9.17, 15) is 0 Å². The highest BCUT2D eigenvalue weighted by Gasteiger charge is 2.36. The summed E-state index contributed by atoms with van der Waals surface area (Å²) >= 11 is 6.52. The third-order valence-corrected chi connectivity index (χ3v) is 5.10. The van der Waals surface area contributed by atoms with E-state index in [1.807, 2.05) is 0 Å². The number of anilines is 1. The van der Waals surface area contributed by atoms with Crippen LogP contribution in [0.4, 0.5) is 5.69 Å². The van der Waals surface area contributed by atoms with Gasteiger partial charge < -0.3 is 15.0 Å². The van der Waals surface area contributed by atoms with Crippen molar-refractivity contribution in [3.05, 3.63) is 28.8 Å². The molecule has 3 atom stereocenters. The molecular formula is C17H25ClN2O. The van der Waals surface area contributed by atoms with Crippen LogP contribution in [0.3, 0.4) is 0 Å². The summed E-state index contributed by atoms with van der Waals surface area (Å²) in [5.41, 5.74) is 2.42. The second kappa shape index (κ2) is 6.55. The van der Waals surface area contributed by atoms with Crippen LogP contribution in [-0.2, 0) is 4.74 Å². The van der Waals surface area contributed by atoms with Gasteiger partial charge in [-0.05, 0) is 50.4 Å². The summed E-state index contributed by atoms with van der Waals surface area (Å²) in [5, 5.41) is 4.28. The number of ether oxygens (including phenoxy) is 1. The Bertz CT molecular complexity index is 494. The first-order valence-electron chi connectivity index (χ1n) is 8.11. The molecule has 1 N–H and O–H groups in total. The molecule has 2 fully saturated rings. The van der Waals surface area contributed by atoms with E-state index in [-0.39, 0.29) is 0 Å². The first kappa shape index (κ1) is 15.1. The Kier molecular flexibility index (Phi) is 4.72. The van der Waals surface area contributed by atoms with Gasteiger partial charge in [0.25, 0.3) is 0 Å². The maximum absolute atomic E-state index is 6.52. The van der Waals surface area contributed by atoms with Gasteiger partial charge in [0.2, 0.25) is 0 Å². The Labute approximate surface area is 132 Å². The van der Waals surface area contributed by atoms with Crippen LogP contribution >= 0.6 is 11.6 Å². The molecule has 0 bridgehead atoms. The molecule has 2 aliphatic rings. The zero-order valence-corrected chi connectivity index (χ0v) is 13.7. The van der Waals surface area contributed by atoms with Gasteiger partial charge in [-0.25, -0.2) is 0 Å². The van der Waals surface area contributed by atoms with Crippen LogP contribution in [0, 0.1) is 0 Å². The number of morpholine rings is 1. The number of rotatable bonds is 4. The van der Waals surface area contributed by atoms with E-state index in [0.29, 0.717) is 18.2 Å². The molecule has 1 saturated carbocycles. The predicted octanol–water partition coefficient (Wildman–Crippen LogP) is 3.77. The van der Waals surface area contributed by atoms with Gasteiger partial charge in [-0.3, -0.25) is 0 Å². The summed E-state index contributed by atoms with van der Waals surface area (Å²) in [6, 6.07) is 7.35. The lowest BCUT2D eigenvalue weighted by molar-refractivity contribution is 0.0256. The predicted molar refractivity (Wildman–Crippen MR) is 88.3 cm³/mol. The largest absolute Gasteiger partial charge is 0.374 e. The van der Waals surface area contributed by atoms with Crippen molar-refractivity contribution < 1.29 is 4.74 Å². The van der Waals surface area contributed by atoms with Gasteiger partial charge in [0.1, 0.15) is 0 Å². The molecule has 1 aliphatic heterocycles. The molecule has 0 amide bonds. The number of nitrogens with one attached hydrogen (secondary N) is 1. The topological polar surface area (TPSA) is 24.5 Å². The minimum absolute atomic E-state index is 0.292. The molecule has 4 heteroatoms. The van der Waals surface area contributed by atoms with Crippen molar-refractivity contribution in [3.63, 3.8) is 0 Å². The molecule has 3 unspecified atom stereocenters. The Morgan fingerprint density at radius 3 is 3.05 bits per heavy atom. The van der Waals surface area contributed by atoms with E-state index >= 15 is 0 Å². The van der Waals surface area contributed by atoms with E-state index in [0.717, 1.165) is 24.7 Å². The molecule has 0 aromatic heterocycles. The molecule has 1 aliphatic carbocycles. The Morgan fingerprint density at radius 1 is 1.43 bits per heavy atom. The number of halogens is 1. The first-order valence-corrected chi connectivity index (χ1v) is 8.49. The molecule has 116 valence electrons. The molecule has 1 saturated heterocycles. The highest BCUT2D eigenvalue weighted by atomic mass is 35.5. The van der Waals surface area contributed by atoms with Crippen LogP contribution in [0.2, 0.25) is 5.02 Å². The molecule has 1 aromatic rings. The Morgan fingerprint density at radius 2 is 2.29 bits per heavy atom. The monoisotopic (exact) mass is 308 g/mol. The summed E-state index contributed by atoms with van der Waals surface area (Å²) in [6.45, 7) is 7.03. The number of hydrogen-bond donors (Lipinski definition) is 1. The van der Waals surface area contributed by atoms with Crippen molar-refractivity contribution in [3.8, 4) is 0 Å². The lowest BCUT2D eigenvalue weighted by Crippen LogP contribution is -2.48. The minimum Gasteiger partial charge on any atom is -0.374 e. The van der Waals surface area contributed by atoms with Crippen LogP contribution in [0.1, 0.15) is 44.7 Å². The SMILES string of the molecule is CCNC(C)c1ccc(N2CCOC3CCCC32)cc1Cl. The number of nitrogens with zero attached hydrogens (tertiary/aromatic N) is 1. The van der Waals surface area contributed by atoms with Gasteiger partial charge in [-0.15, -0.1) is 0 Å². The second-order valence-corrected chi connectivity index (χ2v) is 6.49. The minimum atomic E-state index is 0.292. The smallest absolute Gasteiger partial charge is 0.0779 e. The molecule has 3 rings (SSSR count). The molecule has 3 nitrogen and oxygen atoms in total. The van der Waals surface area contributed by atoms with Gasteiger partial charge >= 0.3 is 0 Å². The lowest BCUT2D eigenvalue weighted by atomic mass is 10.1. The average Bonchev–Trinajstić information content (AvgIpc) is 2.95. The fourth-order valence-corrected chi connectivity index (χ4v) is 4.05. The third kappa shape index (κ3) is 3.05. The van der Waals surface area contributed by atoms with Gasteiger partial charge in [0, 0.05) is 23.3 Å². The van der Waals surface area contributed by atoms with Crippen molar-refractivity contribution in [2.24, 2.45) is 0 Å². The third-order valence-electron chi connectivity index (χ3n) is 4.77. The van der Waals surface area contributed by atoms with E-state index in [1.165, 1.54) is 30.5 Å². The van der Waals surface area contributed by atoms with Gasteiger partial charge in [0.15, 0.2) is 0 Å². The van der Waals surface area contributed by atoms with Gasteiger partial charge in [-0.2, -0.15) is 0 Å². The number of hydrogen-bond acceptors (Lipinski definition) is 3. The van der Waals surface area contributed by atoms with Crippen LogP contribution in [0.15, 0.2) is 18.2 Å². The van der Waals surface area contributed by atoms with Crippen LogP contribution in [0.25, 0.3) is 0 Å². The summed E-state index contributed by atoms with van der Waals surface area (Å²) in [7, 11) is 0. The van der Waals surface area contributed by atoms with Crippen molar-refractivity contribution in [2.75, 3.05) is 24.6 Å². The quantitative estimate of drug-likeness (QED) is 0.916. The van der Waals surface area contributed by atoms with Crippen molar-refractivity contribution >= 4 is 17.3 Å². The van der Waals surface area contributed by atoms with Crippen LogP contribution in [0.5, 0.6) is 0 Å². The summed E-state index contributed by atoms with van der Waals surface area (Å²) in [5.74, 6) is 0. The molecule has 1 aromatic carbocycles. The van der Waals surface area contributed by atoms with E-state index in [2.05, 4.69) is 42.3 Å². The van der Waals surface area contributed by atoms with E-state index in [1.54, 1.807) is 0 Å². The molecule has 21 heavy (non-hydrogen) atoms. The lowest BCUT2D eigenvalue weighted by Gasteiger charge is -2.39. The van der Waals surface area contributed by atoms with Crippen LogP contribution < -0.4 is 10.2 Å². The maximum Gasteiger partial charge on any atom is 0.0779 e. The maximum atomic E-state index is 6.52. The summed E-state index contributed by atoms with van der Waals surface area (Å²) in [6.07, 6.45) is 4.12. The van der Waals surface area contributed by atoms with Gasteiger partial charge in [-0.1, -0.05) is 24.6 Å². The fourth-order valence-electron chi connectivity index (χ4n) is 3.71. The average molecular weight is 309 g/mol. The number of fused-ring (bicyclic) bond motifs is 1. The van der Waals surface area contributed by atoms with Crippen molar-refractivity contribution in [1.82, 2.24) is 5.32 Å². The highest BCUT2D eigenvalue weighted by Crippen LogP contribution is 2.35. The molecular weight excluding hydrogens is 284 g/mol. The standard InChI is InChI=1S/C17H25ClN2O/c1-3-19-12(2)14-8-7-13(11-15(14)18)20-9-10-21-17-6-4-5-16(17)20/h7-8,11-12,16-17,19H,3-6,9-10H2,1-2H3. The highest BCUT2D eigenvalue weighted by molar-refractivity contribution is 6.31. The first-order chi connectivity index (χ1) is 10.2. The molecule has 1 heterocycles. The molecule has 0 spiro atoms. The molecule has 0 radical (unpaired) electrons. The fraction of sp³-hybridized carbons (Fsp3) is 0.647. The Hall–Kier alpha value is -0.770.